The molecule has 0 atom stereocenters. The highest BCUT2D eigenvalue weighted by atomic mass is 14.9. The Kier molecular flexibility index (Phi) is 8.18. The highest BCUT2D eigenvalue weighted by Gasteiger charge is 2.30. The average molecular weight is 255 g/mol. The van der Waals surface area contributed by atoms with Crippen molar-refractivity contribution in [1.82, 2.24) is 5.32 Å². The van der Waals surface area contributed by atoms with Crippen LogP contribution >= 0.6 is 0 Å². The molecule has 0 aromatic rings. The largest absolute Gasteiger partial charge is 0.317 e. The lowest BCUT2D eigenvalue weighted by molar-refractivity contribution is 0.142. The van der Waals surface area contributed by atoms with E-state index in [-0.39, 0.29) is 0 Å². The molecule has 1 N–H and O–H groups in total. The van der Waals surface area contributed by atoms with Gasteiger partial charge in [-0.05, 0) is 55.5 Å². The van der Waals surface area contributed by atoms with Crippen molar-refractivity contribution in [2.75, 3.05) is 13.1 Å². The van der Waals surface area contributed by atoms with Crippen LogP contribution < -0.4 is 5.32 Å². The molecule has 0 amide bonds. The number of piperidine rings is 1. The maximum Gasteiger partial charge on any atom is -0.00463 e. The van der Waals surface area contributed by atoms with E-state index in [0.717, 1.165) is 5.92 Å². The minimum Gasteiger partial charge on any atom is -0.317 e. The normalized spacial score (nSPS) is 18.2. The lowest BCUT2D eigenvalue weighted by Gasteiger charge is -2.38. The highest BCUT2D eigenvalue weighted by Crippen LogP contribution is 2.41. The third-order valence-electron chi connectivity index (χ3n) is 4.21. The van der Waals surface area contributed by atoms with Crippen LogP contribution in [0, 0.1) is 16.7 Å². The van der Waals surface area contributed by atoms with Crippen LogP contribution in [0.1, 0.15) is 80.6 Å². The first-order valence-electron chi connectivity index (χ1n) is 8.05. The van der Waals surface area contributed by atoms with Crippen LogP contribution in [0.3, 0.4) is 0 Å². The van der Waals surface area contributed by atoms with Crippen molar-refractivity contribution in [3.05, 3.63) is 0 Å². The fraction of sp³-hybridized carbons (Fsp3) is 1.00. The first-order valence-corrected chi connectivity index (χ1v) is 8.05. The zero-order valence-corrected chi connectivity index (χ0v) is 14.0. The van der Waals surface area contributed by atoms with Gasteiger partial charge in [0.1, 0.15) is 0 Å². The van der Waals surface area contributed by atoms with Crippen molar-refractivity contribution in [2.24, 2.45) is 16.7 Å². The topological polar surface area (TPSA) is 12.0 Å². The Morgan fingerprint density at radius 3 is 1.89 bits per heavy atom. The van der Waals surface area contributed by atoms with Crippen molar-refractivity contribution in [1.29, 1.82) is 0 Å². The molecule has 1 saturated heterocycles. The quantitative estimate of drug-likeness (QED) is 0.707. The van der Waals surface area contributed by atoms with Crippen LogP contribution in [-0.4, -0.2) is 13.1 Å². The minimum absolute atomic E-state index is 0.510. The van der Waals surface area contributed by atoms with E-state index in [2.05, 4.69) is 39.9 Å². The van der Waals surface area contributed by atoms with E-state index in [1.54, 1.807) is 0 Å². The van der Waals surface area contributed by atoms with E-state index in [1.165, 1.54) is 45.2 Å². The van der Waals surface area contributed by atoms with Gasteiger partial charge in [-0.2, -0.15) is 0 Å². The van der Waals surface area contributed by atoms with Gasteiger partial charge in [-0.25, -0.2) is 0 Å². The van der Waals surface area contributed by atoms with Gasteiger partial charge in [-0.15, -0.1) is 0 Å². The third-order valence-corrected chi connectivity index (χ3v) is 4.21. The summed E-state index contributed by atoms with van der Waals surface area (Å²) < 4.78 is 0. The first-order chi connectivity index (χ1) is 8.35. The molecule has 0 radical (unpaired) electrons. The van der Waals surface area contributed by atoms with Gasteiger partial charge in [0, 0.05) is 0 Å². The van der Waals surface area contributed by atoms with Gasteiger partial charge >= 0.3 is 0 Å². The monoisotopic (exact) mass is 255 g/mol. The molecular formula is C17H37N. The van der Waals surface area contributed by atoms with Gasteiger partial charge in [0.05, 0.1) is 0 Å². The van der Waals surface area contributed by atoms with Gasteiger partial charge in [0.25, 0.3) is 0 Å². The second kappa shape index (κ2) is 8.19. The average Bonchev–Trinajstić information content (AvgIpc) is 2.31. The number of hydrogen-bond acceptors (Lipinski definition) is 1. The van der Waals surface area contributed by atoms with Crippen LogP contribution in [0.4, 0.5) is 0 Å². The Hall–Kier alpha value is -0.0400. The molecule has 0 aromatic heterocycles. The smallest absolute Gasteiger partial charge is 0.00463 e. The molecule has 0 aromatic carbocycles. The lowest BCUT2D eigenvalue weighted by Crippen LogP contribution is -2.32. The van der Waals surface area contributed by atoms with E-state index in [9.17, 15) is 0 Å². The second-order valence-corrected chi connectivity index (χ2v) is 7.26. The molecule has 0 spiro atoms. The van der Waals surface area contributed by atoms with E-state index >= 15 is 0 Å². The van der Waals surface area contributed by atoms with Gasteiger partial charge in [-0.3, -0.25) is 0 Å². The van der Waals surface area contributed by atoms with Crippen LogP contribution in [-0.2, 0) is 0 Å². The SMILES string of the molecule is CC.CCC(C)(C)CC(C)(C)CC1CCNCC1. The van der Waals surface area contributed by atoms with Crippen molar-refractivity contribution in [2.45, 2.75) is 80.6 Å². The lowest BCUT2D eigenvalue weighted by atomic mass is 9.69. The zero-order valence-electron chi connectivity index (χ0n) is 14.0. The van der Waals surface area contributed by atoms with Crippen molar-refractivity contribution in [3.63, 3.8) is 0 Å². The molecule has 0 aliphatic carbocycles. The van der Waals surface area contributed by atoms with Crippen LogP contribution in [0.2, 0.25) is 0 Å². The van der Waals surface area contributed by atoms with E-state index < -0.39 is 0 Å². The van der Waals surface area contributed by atoms with Gasteiger partial charge in [-0.1, -0.05) is 54.9 Å². The Labute approximate surface area is 116 Å². The summed E-state index contributed by atoms with van der Waals surface area (Å²) in [4.78, 5) is 0. The molecule has 0 saturated carbocycles. The standard InChI is InChI=1S/C15H31N.C2H6/c1-6-14(2,3)12-15(4,5)11-13-7-9-16-10-8-13;1-2/h13,16H,6-12H2,1-5H3;1-2H3. The summed E-state index contributed by atoms with van der Waals surface area (Å²) in [5.41, 5.74) is 1.03. The molecule has 1 rings (SSSR count). The number of hydrogen-bond donors (Lipinski definition) is 1. The third kappa shape index (κ3) is 7.41. The molecule has 1 heterocycles. The maximum atomic E-state index is 3.46. The Morgan fingerprint density at radius 2 is 1.44 bits per heavy atom. The van der Waals surface area contributed by atoms with Gasteiger partial charge in [0.2, 0.25) is 0 Å². The number of rotatable bonds is 5. The number of nitrogens with one attached hydrogen (secondary N) is 1. The van der Waals surface area contributed by atoms with E-state index in [1.807, 2.05) is 13.8 Å². The van der Waals surface area contributed by atoms with E-state index in [0.29, 0.717) is 10.8 Å². The predicted octanol–water partition coefficient (Wildman–Crippen LogP) is 5.25. The first kappa shape index (κ1) is 18.0. The van der Waals surface area contributed by atoms with Gasteiger partial charge < -0.3 is 5.32 Å². The summed E-state index contributed by atoms with van der Waals surface area (Å²) >= 11 is 0. The van der Waals surface area contributed by atoms with Crippen LogP contribution in [0.15, 0.2) is 0 Å². The van der Waals surface area contributed by atoms with Crippen LogP contribution in [0.25, 0.3) is 0 Å². The second-order valence-electron chi connectivity index (χ2n) is 7.26. The molecule has 110 valence electrons. The Morgan fingerprint density at radius 1 is 0.944 bits per heavy atom. The fourth-order valence-corrected chi connectivity index (χ4v) is 3.36. The molecule has 1 aliphatic rings. The summed E-state index contributed by atoms with van der Waals surface area (Å²) in [5, 5.41) is 3.46. The van der Waals surface area contributed by atoms with Gasteiger partial charge in [0.15, 0.2) is 0 Å². The van der Waals surface area contributed by atoms with Crippen molar-refractivity contribution < 1.29 is 0 Å². The fourth-order valence-electron chi connectivity index (χ4n) is 3.36. The van der Waals surface area contributed by atoms with Crippen LogP contribution in [0.5, 0.6) is 0 Å². The van der Waals surface area contributed by atoms with Crippen molar-refractivity contribution in [3.8, 4) is 0 Å². The maximum absolute atomic E-state index is 3.46. The molecule has 1 aliphatic heterocycles. The highest BCUT2D eigenvalue weighted by molar-refractivity contribution is 4.82. The minimum atomic E-state index is 0.510. The molecule has 18 heavy (non-hydrogen) atoms. The molecule has 1 fully saturated rings. The molecule has 0 unspecified atom stereocenters. The predicted molar refractivity (Wildman–Crippen MR) is 84.0 cm³/mol. The summed E-state index contributed by atoms with van der Waals surface area (Å²) in [6.45, 7) is 18.5. The van der Waals surface area contributed by atoms with E-state index in [4.69, 9.17) is 0 Å². The molecule has 1 heteroatoms. The molecular weight excluding hydrogens is 218 g/mol. The summed E-state index contributed by atoms with van der Waals surface area (Å²) in [7, 11) is 0. The summed E-state index contributed by atoms with van der Waals surface area (Å²) in [6.07, 6.45) is 6.84. The molecule has 0 bridgehead atoms. The van der Waals surface area contributed by atoms with Crippen molar-refractivity contribution >= 4 is 0 Å². The Bertz CT molecular complexity index is 200. The summed E-state index contributed by atoms with van der Waals surface area (Å²) in [5.74, 6) is 0.962. The zero-order chi connectivity index (χ0) is 14.2. The Balaban J connectivity index is 0.00000137. The summed E-state index contributed by atoms with van der Waals surface area (Å²) in [6, 6.07) is 0. The molecule has 1 nitrogen and oxygen atoms in total.